The Kier molecular flexibility index (Phi) is 4.94. The van der Waals surface area contributed by atoms with Crippen LogP contribution >= 0.6 is 0 Å². The number of amides is 2. The van der Waals surface area contributed by atoms with Gasteiger partial charge in [-0.05, 0) is 25.0 Å². The molecule has 19 heavy (non-hydrogen) atoms. The van der Waals surface area contributed by atoms with Gasteiger partial charge in [-0.1, -0.05) is 26.0 Å². The Labute approximate surface area is 114 Å². The Bertz CT molecular complexity index is 553. The monoisotopic (exact) mass is 284 g/mol. The van der Waals surface area contributed by atoms with Gasteiger partial charge in [0.2, 0.25) is 0 Å². The van der Waals surface area contributed by atoms with E-state index in [9.17, 15) is 13.2 Å². The van der Waals surface area contributed by atoms with Crippen LogP contribution in [0.4, 0.5) is 10.5 Å². The van der Waals surface area contributed by atoms with E-state index in [1.54, 1.807) is 18.2 Å². The summed E-state index contributed by atoms with van der Waals surface area (Å²) in [5, 5.41) is 5.34. The molecule has 0 spiro atoms. The lowest BCUT2D eigenvalue weighted by Gasteiger charge is -2.18. The summed E-state index contributed by atoms with van der Waals surface area (Å²) in [7, 11) is -3.37. The van der Waals surface area contributed by atoms with Crippen LogP contribution in [0.2, 0.25) is 0 Å². The summed E-state index contributed by atoms with van der Waals surface area (Å²) < 4.78 is 23.2. The van der Waals surface area contributed by atoms with Gasteiger partial charge in [0.1, 0.15) is 0 Å². The molecule has 0 aliphatic carbocycles. The first-order valence-corrected chi connectivity index (χ1v) is 7.97. The fourth-order valence-corrected chi connectivity index (χ4v) is 2.27. The highest BCUT2D eigenvalue weighted by molar-refractivity contribution is 7.90. The predicted octanol–water partition coefficient (Wildman–Crippen LogP) is 2.26. The van der Waals surface area contributed by atoms with Crippen LogP contribution in [0.5, 0.6) is 0 Å². The van der Waals surface area contributed by atoms with Crippen LogP contribution in [0.25, 0.3) is 0 Å². The van der Waals surface area contributed by atoms with Crippen molar-refractivity contribution in [1.29, 1.82) is 0 Å². The number of sulfone groups is 1. The first-order valence-electron chi connectivity index (χ1n) is 6.08. The minimum atomic E-state index is -3.37. The van der Waals surface area contributed by atoms with Crippen LogP contribution in [0.1, 0.15) is 20.8 Å². The molecular formula is C13H20N2O3S. The Morgan fingerprint density at radius 1 is 1.16 bits per heavy atom. The number of carbonyl (C=O) groups is 1. The van der Waals surface area contributed by atoms with Crippen LogP contribution in [-0.4, -0.2) is 26.7 Å². The Morgan fingerprint density at radius 2 is 1.74 bits per heavy atom. The van der Waals surface area contributed by atoms with E-state index in [1.807, 2.05) is 20.8 Å². The van der Waals surface area contributed by atoms with Crippen molar-refractivity contribution >= 4 is 21.6 Å². The van der Waals surface area contributed by atoms with Crippen LogP contribution in [-0.2, 0) is 9.84 Å². The maximum absolute atomic E-state index is 11.8. The normalized spacial score (nSPS) is 13.1. The third-order valence-electron chi connectivity index (χ3n) is 2.89. The second-order valence-corrected chi connectivity index (χ2v) is 6.88. The van der Waals surface area contributed by atoms with Crippen molar-refractivity contribution in [3.63, 3.8) is 0 Å². The number of hydrogen-bond donors (Lipinski definition) is 2. The molecule has 0 radical (unpaired) electrons. The zero-order valence-corrected chi connectivity index (χ0v) is 12.4. The number of anilines is 1. The van der Waals surface area contributed by atoms with Crippen LogP contribution < -0.4 is 10.6 Å². The summed E-state index contributed by atoms with van der Waals surface area (Å²) in [4.78, 5) is 11.9. The Morgan fingerprint density at radius 3 is 2.26 bits per heavy atom. The second-order valence-electron chi connectivity index (χ2n) is 4.90. The summed E-state index contributed by atoms with van der Waals surface area (Å²) in [6.07, 6.45) is 1.11. The molecule has 0 aliphatic rings. The van der Waals surface area contributed by atoms with Gasteiger partial charge in [0, 0.05) is 12.3 Å². The molecule has 1 aromatic carbocycles. The first kappa shape index (κ1) is 15.5. The largest absolute Gasteiger partial charge is 0.335 e. The molecule has 0 aliphatic heterocycles. The lowest BCUT2D eigenvalue weighted by atomic mass is 10.1. The van der Waals surface area contributed by atoms with Gasteiger partial charge >= 0.3 is 6.03 Å². The SMILES string of the molecule is CC(C)[C@@H](C)NC(=O)Nc1ccccc1S(C)(=O)=O. The molecule has 0 bridgehead atoms. The van der Waals surface area contributed by atoms with Gasteiger partial charge in [-0.3, -0.25) is 0 Å². The molecule has 1 rings (SSSR count). The van der Waals surface area contributed by atoms with E-state index >= 15 is 0 Å². The zero-order valence-electron chi connectivity index (χ0n) is 11.6. The molecule has 2 N–H and O–H groups in total. The number of nitrogens with one attached hydrogen (secondary N) is 2. The molecule has 6 heteroatoms. The lowest BCUT2D eigenvalue weighted by Crippen LogP contribution is -2.39. The smallest absolute Gasteiger partial charge is 0.319 e. The second kappa shape index (κ2) is 6.06. The average Bonchev–Trinajstić information content (AvgIpc) is 2.27. The molecule has 106 valence electrons. The van der Waals surface area contributed by atoms with Crippen molar-refractivity contribution in [2.45, 2.75) is 31.7 Å². The third kappa shape index (κ3) is 4.55. The topological polar surface area (TPSA) is 75.3 Å². The highest BCUT2D eigenvalue weighted by Crippen LogP contribution is 2.20. The summed E-state index contributed by atoms with van der Waals surface area (Å²) in [5.41, 5.74) is 0.290. The molecular weight excluding hydrogens is 264 g/mol. The summed E-state index contributed by atoms with van der Waals surface area (Å²) in [6.45, 7) is 5.89. The van der Waals surface area contributed by atoms with Crippen molar-refractivity contribution in [3.8, 4) is 0 Å². The van der Waals surface area contributed by atoms with E-state index in [2.05, 4.69) is 10.6 Å². The fraction of sp³-hybridized carbons (Fsp3) is 0.462. The van der Waals surface area contributed by atoms with E-state index in [0.29, 0.717) is 11.6 Å². The number of carbonyl (C=O) groups excluding carboxylic acids is 1. The molecule has 0 saturated heterocycles. The van der Waals surface area contributed by atoms with E-state index in [4.69, 9.17) is 0 Å². The maximum Gasteiger partial charge on any atom is 0.319 e. The molecule has 0 fully saturated rings. The molecule has 1 aromatic rings. The molecule has 0 aromatic heterocycles. The van der Waals surface area contributed by atoms with Crippen LogP contribution in [0.3, 0.4) is 0 Å². The summed E-state index contributed by atoms with van der Waals surface area (Å²) >= 11 is 0. The van der Waals surface area contributed by atoms with Gasteiger partial charge in [0.05, 0.1) is 10.6 Å². The number of urea groups is 1. The van der Waals surface area contributed by atoms with Gasteiger partial charge in [0.25, 0.3) is 0 Å². The Balaban J connectivity index is 2.87. The van der Waals surface area contributed by atoms with Gasteiger partial charge in [0.15, 0.2) is 9.84 Å². The molecule has 1 atom stereocenters. The van der Waals surface area contributed by atoms with E-state index in [0.717, 1.165) is 6.26 Å². The maximum atomic E-state index is 11.8. The van der Waals surface area contributed by atoms with Crippen molar-refractivity contribution in [1.82, 2.24) is 5.32 Å². The predicted molar refractivity (Wildman–Crippen MR) is 76.0 cm³/mol. The quantitative estimate of drug-likeness (QED) is 0.890. The summed E-state index contributed by atoms with van der Waals surface area (Å²) in [5.74, 6) is 0.302. The van der Waals surface area contributed by atoms with Crippen molar-refractivity contribution < 1.29 is 13.2 Å². The number of para-hydroxylation sites is 1. The molecule has 0 heterocycles. The first-order chi connectivity index (χ1) is 8.71. The highest BCUT2D eigenvalue weighted by Gasteiger charge is 2.16. The van der Waals surface area contributed by atoms with Crippen LogP contribution in [0, 0.1) is 5.92 Å². The van der Waals surface area contributed by atoms with Crippen molar-refractivity contribution in [2.24, 2.45) is 5.92 Å². The van der Waals surface area contributed by atoms with Gasteiger partial charge < -0.3 is 10.6 Å². The standard InChI is InChI=1S/C13H20N2O3S/c1-9(2)10(3)14-13(16)15-11-7-5-6-8-12(11)19(4,17)18/h5-10H,1-4H3,(H2,14,15,16)/t10-/m1/s1. The molecule has 0 unspecified atom stereocenters. The summed E-state index contributed by atoms with van der Waals surface area (Å²) in [6, 6.07) is 5.93. The minimum absolute atomic E-state index is 0.00500. The number of hydrogen-bond acceptors (Lipinski definition) is 3. The van der Waals surface area contributed by atoms with Crippen molar-refractivity contribution in [3.05, 3.63) is 24.3 Å². The lowest BCUT2D eigenvalue weighted by molar-refractivity contribution is 0.246. The highest BCUT2D eigenvalue weighted by atomic mass is 32.2. The van der Waals surface area contributed by atoms with E-state index < -0.39 is 15.9 Å². The average molecular weight is 284 g/mol. The number of rotatable bonds is 4. The van der Waals surface area contributed by atoms with Gasteiger partial charge in [-0.25, -0.2) is 13.2 Å². The zero-order chi connectivity index (χ0) is 14.6. The van der Waals surface area contributed by atoms with Crippen LogP contribution in [0.15, 0.2) is 29.2 Å². The molecule has 5 nitrogen and oxygen atoms in total. The van der Waals surface area contributed by atoms with Gasteiger partial charge in [-0.15, -0.1) is 0 Å². The van der Waals surface area contributed by atoms with Gasteiger partial charge in [-0.2, -0.15) is 0 Å². The molecule has 2 amide bonds. The fourth-order valence-electron chi connectivity index (χ4n) is 1.43. The third-order valence-corrected chi connectivity index (χ3v) is 4.05. The minimum Gasteiger partial charge on any atom is -0.335 e. The molecule has 0 saturated carbocycles. The Hall–Kier alpha value is -1.56. The van der Waals surface area contributed by atoms with E-state index in [-0.39, 0.29) is 10.9 Å². The number of benzene rings is 1. The van der Waals surface area contributed by atoms with Crippen molar-refractivity contribution in [2.75, 3.05) is 11.6 Å². The van der Waals surface area contributed by atoms with E-state index in [1.165, 1.54) is 6.07 Å².